The molecule has 0 aliphatic rings. The molecule has 0 saturated heterocycles. The van der Waals surface area contributed by atoms with Crippen molar-refractivity contribution in [2.45, 2.75) is 19.1 Å². The van der Waals surface area contributed by atoms with E-state index >= 15 is 0 Å². The van der Waals surface area contributed by atoms with Crippen LogP contribution in [0.3, 0.4) is 0 Å². The second kappa shape index (κ2) is 6.34. The lowest BCUT2D eigenvalue weighted by Gasteiger charge is -2.27. The van der Waals surface area contributed by atoms with Gasteiger partial charge in [-0.1, -0.05) is 48.5 Å². The summed E-state index contributed by atoms with van der Waals surface area (Å²) in [6.45, 7) is 2.65. The molecule has 3 rings (SSSR count). The Bertz CT molecular complexity index is 748. The Hall–Kier alpha value is -2.10. The summed E-state index contributed by atoms with van der Waals surface area (Å²) in [7, 11) is 1.87. The maximum absolute atomic E-state index is 10.7. The molecule has 0 spiro atoms. The number of para-hydroxylation sites is 1. The SMILES string of the molecule is CNC[C@@H](O)[C@H](c1ccccc1)n1c(C)cc2ccccc21. The molecule has 2 atom stereocenters. The van der Waals surface area contributed by atoms with E-state index in [4.69, 9.17) is 0 Å². The number of nitrogens with zero attached hydrogens (tertiary/aromatic N) is 1. The van der Waals surface area contributed by atoms with Crippen molar-refractivity contribution < 1.29 is 5.11 Å². The molecule has 1 heterocycles. The summed E-state index contributed by atoms with van der Waals surface area (Å²) in [4.78, 5) is 0. The van der Waals surface area contributed by atoms with Crippen LogP contribution in [-0.2, 0) is 0 Å². The van der Waals surface area contributed by atoms with Gasteiger partial charge in [-0.2, -0.15) is 0 Å². The van der Waals surface area contributed by atoms with Gasteiger partial charge in [0.2, 0.25) is 0 Å². The molecule has 0 saturated carbocycles. The fraction of sp³-hybridized carbons (Fsp3) is 0.263. The number of aryl methyl sites for hydroxylation is 1. The van der Waals surface area contributed by atoms with Crippen LogP contribution in [0.25, 0.3) is 10.9 Å². The Morgan fingerprint density at radius 2 is 1.73 bits per heavy atom. The minimum absolute atomic E-state index is 0.103. The van der Waals surface area contributed by atoms with E-state index in [1.807, 2.05) is 37.4 Å². The number of fused-ring (bicyclic) bond motifs is 1. The molecule has 0 radical (unpaired) electrons. The van der Waals surface area contributed by atoms with Gasteiger partial charge in [0.15, 0.2) is 0 Å². The minimum atomic E-state index is -0.498. The third-order valence-electron chi connectivity index (χ3n) is 4.14. The van der Waals surface area contributed by atoms with Crippen molar-refractivity contribution in [2.75, 3.05) is 13.6 Å². The first kappa shape index (κ1) is 14.8. The van der Waals surface area contributed by atoms with E-state index < -0.39 is 6.10 Å². The van der Waals surface area contributed by atoms with E-state index in [0.29, 0.717) is 6.54 Å². The highest BCUT2D eigenvalue weighted by molar-refractivity contribution is 5.81. The van der Waals surface area contributed by atoms with E-state index in [0.717, 1.165) is 16.8 Å². The molecule has 2 N–H and O–H groups in total. The summed E-state index contributed by atoms with van der Waals surface area (Å²) in [5, 5.41) is 15.0. The molecule has 1 aromatic heterocycles. The number of likely N-dealkylation sites (N-methyl/N-ethyl adjacent to an activating group) is 1. The third-order valence-corrected chi connectivity index (χ3v) is 4.14. The Kier molecular flexibility index (Phi) is 4.27. The van der Waals surface area contributed by atoms with Crippen LogP contribution in [0.5, 0.6) is 0 Å². The zero-order valence-electron chi connectivity index (χ0n) is 13.0. The van der Waals surface area contributed by atoms with Crippen LogP contribution < -0.4 is 5.32 Å². The molecule has 0 fully saturated rings. The Labute approximate surface area is 131 Å². The fourth-order valence-corrected chi connectivity index (χ4v) is 3.20. The number of rotatable bonds is 5. The standard InChI is InChI=1S/C19H22N2O/c1-14-12-16-10-6-7-11-17(16)21(14)19(18(22)13-20-2)15-8-4-3-5-9-15/h3-12,18-20,22H,13H2,1-2H3/t18-,19+/m1/s1. The lowest BCUT2D eigenvalue weighted by molar-refractivity contribution is 0.131. The quantitative estimate of drug-likeness (QED) is 0.758. The number of benzene rings is 2. The zero-order chi connectivity index (χ0) is 15.5. The topological polar surface area (TPSA) is 37.2 Å². The molecule has 3 nitrogen and oxygen atoms in total. The van der Waals surface area contributed by atoms with Crippen LogP contribution in [0.2, 0.25) is 0 Å². The highest BCUT2D eigenvalue weighted by Gasteiger charge is 2.24. The van der Waals surface area contributed by atoms with Crippen molar-refractivity contribution >= 4 is 10.9 Å². The number of aliphatic hydroxyl groups is 1. The molecule has 0 aliphatic heterocycles. The molecule has 22 heavy (non-hydrogen) atoms. The van der Waals surface area contributed by atoms with Crippen LogP contribution >= 0.6 is 0 Å². The van der Waals surface area contributed by atoms with Crippen molar-refractivity contribution in [2.24, 2.45) is 0 Å². The number of hydrogen-bond acceptors (Lipinski definition) is 2. The largest absolute Gasteiger partial charge is 0.389 e. The molecule has 0 unspecified atom stereocenters. The zero-order valence-corrected chi connectivity index (χ0v) is 13.0. The van der Waals surface area contributed by atoms with Crippen LogP contribution in [0.4, 0.5) is 0 Å². The summed E-state index contributed by atoms with van der Waals surface area (Å²) < 4.78 is 2.24. The molecular weight excluding hydrogens is 272 g/mol. The molecule has 2 aromatic carbocycles. The average molecular weight is 294 g/mol. The Morgan fingerprint density at radius 1 is 1.05 bits per heavy atom. The van der Waals surface area contributed by atoms with Crippen LogP contribution in [-0.4, -0.2) is 29.4 Å². The van der Waals surface area contributed by atoms with Crippen LogP contribution in [0.1, 0.15) is 17.3 Å². The summed E-state index contributed by atoms with van der Waals surface area (Å²) in [5.74, 6) is 0. The van der Waals surface area contributed by atoms with Gasteiger partial charge in [0.1, 0.15) is 0 Å². The molecule has 0 amide bonds. The Balaban J connectivity index is 2.18. The van der Waals surface area contributed by atoms with Gasteiger partial charge in [-0.05, 0) is 37.1 Å². The summed E-state index contributed by atoms with van der Waals surface area (Å²) in [5.41, 5.74) is 3.43. The first-order chi connectivity index (χ1) is 10.7. The summed E-state index contributed by atoms with van der Waals surface area (Å²) in [6.07, 6.45) is -0.498. The number of nitrogens with one attached hydrogen (secondary N) is 1. The number of aromatic nitrogens is 1. The van der Waals surface area contributed by atoms with Crippen molar-refractivity contribution in [3.8, 4) is 0 Å². The normalized spacial score (nSPS) is 14.1. The summed E-state index contributed by atoms with van der Waals surface area (Å²) in [6, 6.07) is 20.6. The third kappa shape index (κ3) is 2.65. The molecule has 0 aliphatic carbocycles. The molecule has 114 valence electrons. The summed E-state index contributed by atoms with van der Waals surface area (Å²) >= 11 is 0. The van der Waals surface area contributed by atoms with E-state index in [2.05, 4.69) is 47.1 Å². The van der Waals surface area contributed by atoms with Crippen LogP contribution in [0, 0.1) is 6.92 Å². The number of aliphatic hydroxyl groups excluding tert-OH is 1. The lowest BCUT2D eigenvalue weighted by atomic mass is 10.0. The second-order valence-electron chi connectivity index (χ2n) is 5.70. The first-order valence-corrected chi connectivity index (χ1v) is 7.66. The second-order valence-corrected chi connectivity index (χ2v) is 5.70. The van der Waals surface area contributed by atoms with E-state index in [1.54, 1.807) is 0 Å². The van der Waals surface area contributed by atoms with Crippen molar-refractivity contribution in [1.29, 1.82) is 0 Å². The monoisotopic (exact) mass is 294 g/mol. The van der Waals surface area contributed by atoms with Crippen molar-refractivity contribution in [3.05, 3.63) is 71.9 Å². The van der Waals surface area contributed by atoms with Gasteiger partial charge in [0.25, 0.3) is 0 Å². The average Bonchev–Trinajstić information content (AvgIpc) is 2.86. The van der Waals surface area contributed by atoms with Gasteiger partial charge in [-0.3, -0.25) is 0 Å². The Morgan fingerprint density at radius 3 is 2.45 bits per heavy atom. The van der Waals surface area contributed by atoms with Gasteiger partial charge in [-0.15, -0.1) is 0 Å². The highest BCUT2D eigenvalue weighted by atomic mass is 16.3. The molecule has 3 aromatic rings. The van der Waals surface area contributed by atoms with E-state index in [-0.39, 0.29) is 6.04 Å². The number of hydrogen-bond donors (Lipinski definition) is 2. The fourth-order valence-electron chi connectivity index (χ4n) is 3.20. The maximum atomic E-state index is 10.7. The predicted octanol–water partition coefficient (Wildman–Crippen LogP) is 3.12. The van der Waals surface area contributed by atoms with Crippen molar-refractivity contribution in [1.82, 2.24) is 9.88 Å². The highest BCUT2D eigenvalue weighted by Crippen LogP contribution is 2.30. The molecule has 3 heteroatoms. The van der Waals surface area contributed by atoms with Crippen LogP contribution in [0.15, 0.2) is 60.7 Å². The van der Waals surface area contributed by atoms with E-state index in [9.17, 15) is 5.11 Å². The van der Waals surface area contributed by atoms with Gasteiger partial charge in [-0.25, -0.2) is 0 Å². The van der Waals surface area contributed by atoms with Gasteiger partial charge in [0.05, 0.1) is 12.1 Å². The molecular formula is C19H22N2O. The van der Waals surface area contributed by atoms with Gasteiger partial charge < -0.3 is 15.0 Å². The minimum Gasteiger partial charge on any atom is -0.389 e. The predicted molar refractivity (Wildman–Crippen MR) is 91.2 cm³/mol. The smallest absolute Gasteiger partial charge is 0.0912 e. The first-order valence-electron chi connectivity index (χ1n) is 7.66. The molecule has 0 bridgehead atoms. The van der Waals surface area contributed by atoms with Crippen molar-refractivity contribution in [3.63, 3.8) is 0 Å². The van der Waals surface area contributed by atoms with Gasteiger partial charge >= 0.3 is 0 Å². The van der Waals surface area contributed by atoms with Gasteiger partial charge in [0, 0.05) is 17.8 Å². The van der Waals surface area contributed by atoms with E-state index in [1.165, 1.54) is 5.39 Å². The maximum Gasteiger partial charge on any atom is 0.0912 e. The lowest BCUT2D eigenvalue weighted by Crippen LogP contribution is -2.34.